The highest BCUT2D eigenvalue weighted by Crippen LogP contribution is 2.16. The molecule has 0 heterocycles. The Morgan fingerprint density at radius 3 is 2.39 bits per heavy atom. The number of alkyl halides is 1. The molecule has 0 saturated heterocycles. The van der Waals surface area contributed by atoms with Crippen molar-refractivity contribution in [2.24, 2.45) is 0 Å². The molecule has 0 aliphatic rings. The van der Waals surface area contributed by atoms with E-state index in [2.05, 4.69) is 19.2 Å². The lowest BCUT2D eigenvalue weighted by Crippen LogP contribution is -2.46. The maximum atomic E-state index is 6.04. The number of para-hydroxylation sites is 1. The highest BCUT2D eigenvalue weighted by Gasteiger charge is 2.23. The second-order valence-electron chi connectivity index (χ2n) is 4.56. The Hall–Kier alpha value is -0.730. The van der Waals surface area contributed by atoms with Crippen LogP contribution in [-0.4, -0.2) is 24.6 Å². The average Bonchev–Trinajstić information content (AvgIpc) is 2.45. The van der Waals surface area contributed by atoms with Crippen LogP contribution in [0.25, 0.3) is 0 Å². The molecule has 0 aliphatic carbocycles. The van der Waals surface area contributed by atoms with Crippen molar-refractivity contribution >= 4 is 11.6 Å². The Balaban J connectivity index is 2.18. The van der Waals surface area contributed by atoms with Crippen molar-refractivity contribution in [3.8, 4) is 5.75 Å². The van der Waals surface area contributed by atoms with Gasteiger partial charge in [-0.3, -0.25) is 0 Å². The minimum Gasteiger partial charge on any atom is -0.494 e. The van der Waals surface area contributed by atoms with Crippen LogP contribution in [0.4, 0.5) is 0 Å². The SMILES string of the molecule is CCC(CC)(CCl)NCCCOc1ccccc1. The quantitative estimate of drug-likeness (QED) is 0.543. The highest BCUT2D eigenvalue weighted by molar-refractivity contribution is 6.18. The number of benzene rings is 1. The van der Waals surface area contributed by atoms with Gasteiger partial charge in [-0.15, -0.1) is 11.6 Å². The van der Waals surface area contributed by atoms with Crippen LogP contribution in [0.3, 0.4) is 0 Å². The summed E-state index contributed by atoms with van der Waals surface area (Å²) in [5, 5.41) is 3.56. The van der Waals surface area contributed by atoms with Crippen LogP contribution in [0.5, 0.6) is 5.75 Å². The van der Waals surface area contributed by atoms with Gasteiger partial charge in [0, 0.05) is 11.4 Å². The predicted octanol–water partition coefficient (Wildman–Crippen LogP) is 3.84. The lowest BCUT2D eigenvalue weighted by Gasteiger charge is -2.30. The molecular weight excluding hydrogens is 246 g/mol. The van der Waals surface area contributed by atoms with Crippen molar-refractivity contribution in [3.63, 3.8) is 0 Å². The first-order chi connectivity index (χ1) is 8.76. The third-order valence-corrected chi connectivity index (χ3v) is 3.95. The third kappa shape index (κ3) is 4.87. The zero-order valence-electron chi connectivity index (χ0n) is 11.4. The van der Waals surface area contributed by atoms with Crippen LogP contribution in [-0.2, 0) is 0 Å². The third-order valence-electron chi connectivity index (χ3n) is 3.44. The Bertz CT molecular complexity index is 303. The fraction of sp³-hybridized carbons (Fsp3) is 0.600. The van der Waals surface area contributed by atoms with Crippen LogP contribution >= 0.6 is 11.6 Å². The van der Waals surface area contributed by atoms with Crippen molar-refractivity contribution in [1.29, 1.82) is 0 Å². The molecule has 18 heavy (non-hydrogen) atoms. The first-order valence-corrected chi connectivity index (χ1v) is 7.28. The molecule has 1 aromatic carbocycles. The van der Waals surface area contributed by atoms with Crippen molar-refractivity contribution < 1.29 is 4.74 Å². The van der Waals surface area contributed by atoms with Crippen LogP contribution in [0.2, 0.25) is 0 Å². The topological polar surface area (TPSA) is 21.3 Å². The number of rotatable bonds is 9. The van der Waals surface area contributed by atoms with Crippen LogP contribution in [0, 0.1) is 0 Å². The van der Waals surface area contributed by atoms with Crippen LogP contribution < -0.4 is 10.1 Å². The van der Waals surface area contributed by atoms with Gasteiger partial charge in [-0.05, 0) is 37.9 Å². The number of nitrogens with one attached hydrogen (secondary N) is 1. The van der Waals surface area contributed by atoms with Gasteiger partial charge in [-0.1, -0.05) is 32.0 Å². The summed E-state index contributed by atoms with van der Waals surface area (Å²) in [5.41, 5.74) is 0.0916. The summed E-state index contributed by atoms with van der Waals surface area (Å²) in [6.45, 7) is 6.04. The van der Waals surface area contributed by atoms with Crippen LogP contribution in [0.1, 0.15) is 33.1 Å². The van der Waals surface area contributed by atoms with Gasteiger partial charge in [0.2, 0.25) is 0 Å². The van der Waals surface area contributed by atoms with Gasteiger partial charge < -0.3 is 10.1 Å². The molecule has 0 bridgehead atoms. The molecule has 0 spiro atoms. The van der Waals surface area contributed by atoms with Gasteiger partial charge in [-0.2, -0.15) is 0 Å². The summed E-state index contributed by atoms with van der Waals surface area (Å²) in [6, 6.07) is 9.93. The second-order valence-corrected chi connectivity index (χ2v) is 4.83. The maximum Gasteiger partial charge on any atom is 0.119 e. The molecule has 2 nitrogen and oxygen atoms in total. The van der Waals surface area contributed by atoms with E-state index in [-0.39, 0.29) is 5.54 Å². The molecule has 0 fully saturated rings. The number of halogens is 1. The van der Waals surface area contributed by atoms with Gasteiger partial charge >= 0.3 is 0 Å². The Morgan fingerprint density at radius 2 is 1.83 bits per heavy atom. The molecule has 3 heteroatoms. The predicted molar refractivity (Wildman–Crippen MR) is 78.6 cm³/mol. The lowest BCUT2D eigenvalue weighted by molar-refractivity contribution is 0.283. The minimum atomic E-state index is 0.0916. The largest absolute Gasteiger partial charge is 0.494 e. The normalized spacial score (nSPS) is 11.5. The summed E-state index contributed by atoms with van der Waals surface area (Å²) in [7, 11) is 0. The van der Waals surface area contributed by atoms with Crippen molar-refractivity contribution in [1.82, 2.24) is 5.32 Å². The first-order valence-electron chi connectivity index (χ1n) is 6.75. The minimum absolute atomic E-state index is 0.0916. The van der Waals surface area contributed by atoms with Gasteiger partial charge in [-0.25, -0.2) is 0 Å². The molecule has 102 valence electrons. The fourth-order valence-electron chi connectivity index (χ4n) is 1.87. The molecule has 0 amide bonds. The monoisotopic (exact) mass is 269 g/mol. The number of ether oxygens (including phenoxy) is 1. The molecule has 0 aliphatic heterocycles. The standard InChI is InChI=1S/C15H24ClNO/c1-3-15(4-2,13-16)17-11-8-12-18-14-9-6-5-7-10-14/h5-7,9-10,17H,3-4,8,11-13H2,1-2H3. The summed E-state index contributed by atoms with van der Waals surface area (Å²) in [5.74, 6) is 1.60. The zero-order valence-corrected chi connectivity index (χ0v) is 12.2. The fourth-order valence-corrected chi connectivity index (χ4v) is 2.34. The summed E-state index contributed by atoms with van der Waals surface area (Å²) in [6.07, 6.45) is 3.12. The smallest absolute Gasteiger partial charge is 0.119 e. The van der Waals surface area contributed by atoms with E-state index in [1.54, 1.807) is 0 Å². The van der Waals surface area contributed by atoms with E-state index in [9.17, 15) is 0 Å². The van der Waals surface area contributed by atoms with E-state index in [4.69, 9.17) is 16.3 Å². The molecule has 1 aromatic rings. The average molecular weight is 270 g/mol. The molecule has 0 saturated carbocycles. The molecule has 0 atom stereocenters. The Kier molecular flexibility index (Phi) is 7.14. The number of hydrogen-bond donors (Lipinski definition) is 1. The van der Waals surface area contributed by atoms with E-state index >= 15 is 0 Å². The summed E-state index contributed by atoms with van der Waals surface area (Å²) < 4.78 is 5.65. The van der Waals surface area contributed by atoms with Crippen molar-refractivity contribution in [2.75, 3.05) is 19.0 Å². The number of hydrogen-bond acceptors (Lipinski definition) is 2. The molecule has 1 N–H and O–H groups in total. The van der Waals surface area contributed by atoms with Crippen molar-refractivity contribution in [3.05, 3.63) is 30.3 Å². The van der Waals surface area contributed by atoms with E-state index < -0.39 is 0 Å². The van der Waals surface area contributed by atoms with E-state index in [1.165, 1.54) is 0 Å². The zero-order chi connectivity index (χ0) is 13.3. The molecule has 0 radical (unpaired) electrons. The maximum absolute atomic E-state index is 6.04. The van der Waals surface area contributed by atoms with E-state index in [0.29, 0.717) is 5.88 Å². The summed E-state index contributed by atoms with van der Waals surface area (Å²) in [4.78, 5) is 0. The van der Waals surface area contributed by atoms with E-state index in [1.807, 2.05) is 30.3 Å². The van der Waals surface area contributed by atoms with Crippen LogP contribution in [0.15, 0.2) is 30.3 Å². The Labute approximate surface area is 116 Å². The van der Waals surface area contributed by atoms with Gasteiger partial charge in [0.25, 0.3) is 0 Å². The molecule has 1 rings (SSSR count). The van der Waals surface area contributed by atoms with Gasteiger partial charge in [0.05, 0.1) is 6.61 Å². The highest BCUT2D eigenvalue weighted by atomic mass is 35.5. The molecule has 0 unspecified atom stereocenters. The second kappa shape index (κ2) is 8.39. The Morgan fingerprint density at radius 1 is 1.17 bits per heavy atom. The van der Waals surface area contributed by atoms with Crippen molar-refractivity contribution in [2.45, 2.75) is 38.6 Å². The summed E-state index contributed by atoms with van der Waals surface area (Å²) >= 11 is 6.04. The molecular formula is C15H24ClNO. The first kappa shape index (κ1) is 15.3. The van der Waals surface area contributed by atoms with E-state index in [0.717, 1.165) is 38.2 Å². The lowest BCUT2D eigenvalue weighted by atomic mass is 9.95. The molecule has 0 aromatic heterocycles. The van der Waals surface area contributed by atoms with Gasteiger partial charge in [0.1, 0.15) is 5.75 Å². The van der Waals surface area contributed by atoms with Gasteiger partial charge in [0.15, 0.2) is 0 Å².